The molecular weight excluding hydrogens is 428 g/mol. The summed E-state index contributed by atoms with van der Waals surface area (Å²) in [6.07, 6.45) is 1.75. The number of benzene rings is 2. The minimum atomic E-state index is -2.93. The number of nitrogens with two attached hydrogens (primary N) is 1. The van der Waals surface area contributed by atoms with Crippen molar-refractivity contribution in [1.29, 1.82) is 0 Å². The van der Waals surface area contributed by atoms with Gasteiger partial charge in [-0.25, -0.2) is 4.99 Å². The van der Waals surface area contributed by atoms with Crippen molar-refractivity contribution in [1.82, 2.24) is 4.90 Å². The van der Waals surface area contributed by atoms with E-state index in [1.807, 2.05) is 6.07 Å². The maximum Gasteiger partial charge on any atom is 0.387 e. The summed E-state index contributed by atoms with van der Waals surface area (Å²) in [4.78, 5) is 19.4. The number of aliphatic imine (C=N–C) groups is 1. The van der Waals surface area contributed by atoms with Crippen molar-refractivity contribution in [3.05, 3.63) is 64.7 Å². The molecule has 1 atom stereocenters. The SMILES string of the molecule is C.COCC#Cc1cccc([C@]2(c3ccc(OC(F)F)c(C4CC4)c3)N=C(N)N(C)C2=O)c1. The van der Waals surface area contributed by atoms with Gasteiger partial charge in [-0.2, -0.15) is 8.78 Å². The van der Waals surface area contributed by atoms with E-state index in [0.29, 0.717) is 22.3 Å². The minimum absolute atomic E-state index is 0. The average Bonchev–Trinajstić information content (AvgIpc) is 3.59. The Balaban J connectivity index is 0.00000306. The number of carbonyl (C=O) groups is 1. The van der Waals surface area contributed by atoms with E-state index in [1.165, 1.54) is 11.0 Å². The highest BCUT2D eigenvalue weighted by atomic mass is 19.3. The van der Waals surface area contributed by atoms with E-state index in [0.717, 1.165) is 12.8 Å². The number of nitrogens with zero attached hydrogens (tertiary/aromatic N) is 2. The van der Waals surface area contributed by atoms with Crippen molar-refractivity contribution >= 4 is 11.9 Å². The van der Waals surface area contributed by atoms with Crippen LogP contribution in [0.4, 0.5) is 8.78 Å². The predicted molar refractivity (Wildman–Crippen MR) is 122 cm³/mol. The molecule has 0 aromatic heterocycles. The van der Waals surface area contributed by atoms with Gasteiger partial charge in [0.05, 0.1) is 0 Å². The number of methoxy groups -OCH3 is 1. The van der Waals surface area contributed by atoms with E-state index in [1.54, 1.807) is 44.5 Å². The lowest BCUT2D eigenvalue weighted by atomic mass is 9.81. The second-order valence-corrected chi connectivity index (χ2v) is 7.77. The third kappa shape index (κ3) is 4.55. The van der Waals surface area contributed by atoms with Crippen molar-refractivity contribution in [2.45, 2.75) is 38.3 Å². The second-order valence-electron chi connectivity index (χ2n) is 7.77. The first-order valence-corrected chi connectivity index (χ1v) is 10.2. The molecule has 1 aliphatic carbocycles. The first kappa shape index (κ1) is 24.2. The fraction of sp³-hybridized carbons (Fsp3) is 0.360. The van der Waals surface area contributed by atoms with Crippen LogP contribution in [0.15, 0.2) is 47.5 Å². The maximum atomic E-state index is 13.5. The Morgan fingerprint density at radius 2 is 1.97 bits per heavy atom. The topological polar surface area (TPSA) is 77.2 Å². The van der Waals surface area contributed by atoms with Crippen molar-refractivity contribution in [3.8, 4) is 17.6 Å². The summed E-state index contributed by atoms with van der Waals surface area (Å²) in [5.74, 6) is 5.87. The minimum Gasteiger partial charge on any atom is -0.435 e. The van der Waals surface area contributed by atoms with Gasteiger partial charge in [0, 0.05) is 19.7 Å². The standard InChI is InChI=1S/C24H23F2N3O3.CH4/c1-29-21(30)24(28-23(29)27,17-7-3-5-15(13-17)6-4-12-31-2)18-10-11-20(32-22(25)26)19(14-18)16-8-9-16;/h3,5,7,10-11,13-14,16,22H,8-9,12H2,1-2H3,(H2,27,28);1H4/t24-;/m1./s1. The highest BCUT2D eigenvalue weighted by molar-refractivity contribution is 6.09. The molecule has 1 saturated carbocycles. The van der Waals surface area contributed by atoms with Gasteiger partial charge in [-0.3, -0.25) is 9.69 Å². The van der Waals surface area contributed by atoms with Crippen LogP contribution in [0.2, 0.25) is 0 Å². The van der Waals surface area contributed by atoms with Crippen LogP contribution in [0.1, 0.15) is 48.4 Å². The Hall–Kier alpha value is -3.44. The predicted octanol–water partition coefficient (Wildman–Crippen LogP) is 3.83. The van der Waals surface area contributed by atoms with Crippen LogP contribution >= 0.6 is 0 Å². The van der Waals surface area contributed by atoms with Crippen LogP contribution in [0.25, 0.3) is 0 Å². The van der Waals surface area contributed by atoms with Gasteiger partial charge < -0.3 is 15.2 Å². The average molecular weight is 456 g/mol. The number of amides is 1. The number of ether oxygens (including phenoxy) is 2. The van der Waals surface area contributed by atoms with Crippen molar-refractivity contribution in [2.24, 2.45) is 10.7 Å². The Kier molecular flexibility index (Phi) is 7.04. The molecule has 2 aliphatic rings. The molecule has 6 nitrogen and oxygen atoms in total. The van der Waals surface area contributed by atoms with E-state index in [-0.39, 0.29) is 37.6 Å². The summed E-state index contributed by atoms with van der Waals surface area (Å²) in [6, 6.07) is 12.0. The third-order valence-corrected chi connectivity index (χ3v) is 5.63. The number of likely N-dealkylation sites (N-methyl/N-ethyl adjacent to an activating group) is 1. The number of carbonyl (C=O) groups excluding carboxylic acids is 1. The molecule has 8 heteroatoms. The van der Waals surface area contributed by atoms with Crippen LogP contribution in [-0.2, 0) is 15.1 Å². The molecule has 1 heterocycles. The van der Waals surface area contributed by atoms with Gasteiger partial charge in [0.25, 0.3) is 5.91 Å². The number of guanidine groups is 1. The lowest BCUT2D eigenvalue weighted by Crippen LogP contribution is -2.41. The number of halogens is 2. The molecule has 2 aromatic carbocycles. The van der Waals surface area contributed by atoms with Crippen LogP contribution in [-0.4, -0.2) is 44.1 Å². The summed E-state index contributed by atoms with van der Waals surface area (Å²) in [5, 5.41) is 0. The van der Waals surface area contributed by atoms with E-state index in [4.69, 9.17) is 15.2 Å². The number of alkyl halides is 2. The summed E-state index contributed by atoms with van der Waals surface area (Å²) in [5.41, 5.74) is 7.07. The molecule has 0 unspecified atom stereocenters. The maximum absolute atomic E-state index is 13.5. The summed E-state index contributed by atoms with van der Waals surface area (Å²) < 4.78 is 35.5. The smallest absolute Gasteiger partial charge is 0.387 e. The monoisotopic (exact) mass is 455 g/mol. The third-order valence-electron chi connectivity index (χ3n) is 5.63. The van der Waals surface area contributed by atoms with Crippen LogP contribution in [0.3, 0.4) is 0 Å². The van der Waals surface area contributed by atoms with Crippen molar-refractivity contribution < 1.29 is 23.0 Å². The second kappa shape index (κ2) is 9.59. The number of hydrogen-bond donors (Lipinski definition) is 1. The van der Waals surface area contributed by atoms with Crippen LogP contribution in [0, 0.1) is 11.8 Å². The fourth-order valence-electron chi connectivity index (χ4n) is 3.91. The van der Waals surface area contributed by atoms with Gasteiger partial charge in [0.2, 0.25) is 0 Å². The van der Waals surface area contributed by atoms with Gasteiger partial charge in [-0.1, -0.05) is 37.5 Å². The number of rotatable bonds is 6. The molecule has 4 rings (SSSR count). The molecule has 1 aliphatic heterocycles. The first-order valence-electron chi connectivity index (χ1n) is 10.2. The summed E-state index contributed by atoms with van der Waals surface area (Å²) >= 11 is 0. The van der Waals surface area contributed by atoms with Gasteiger partial charge in [-0.05, 0) is 59.7 Å². The largest absolute Gasteiger partial charge is 0.435 e. The quantitative estimate of drug-likeness (QED) is 0.672. The van der Waals surface area contributed by atoms with Crippen LogP contribution in [0.5, 0.6) is 5.75 Å². The summed E-state index contributed by atoms with van der Waals surface area (Å²) in [6.45, 7) is -2.65. The van der Waals surface area contributed by atoms with Crippen molar-refractivity contribution in [3.63, 3.8) is 0 Å². The Bertz CT molecular complexity index is 1140. The molecule has 0 spiro atoms. The zero-order valence-electron chi connectivity index (χ0n) is 17.8. The zero-order valence-corrected chi connectivity index (χ0v) is 17.8. The van der Waals surface area contributed by atoms with E-state index < -0.39 is 12.2 Å². The molecule has 1 fully saturated rings. The normalized spacial score (nSPS) is 19.6. The Morgan fingerprint density at radius 3 is 2.58 bits per heavy atom. The molecule has 0 saturated heterocycles. The van der Waals surface area contributed by atoms with Crippen LogP contribution < -0.4 is 10.5 Å². The lowest BCUT2D eigenvalue weighted by Gasteiger charge is -2.27. The van der Waals surface area contributed by atoms with Gasteiger partial charge in [0.1, 0.15) is 12.4 Å². The fourth-order valence-corrected chi connectivity index (χ4v) is 3.91. The molecule has 1 amide bonds. The summed E-state index contributed by atoms with van der Waals surface area (Å²) in [7, 11) is 3.12. The first-order chi connectivity index (χ1) is 15.4. The molecular formula is C25H27F2N3O3. The van der Waals surface area contributed by atoms with E-state index in [2.05, 4.69) is 16.8 Å². The molecule has 2 N–H and O–H groups in total. The number of hydrogen-bond acceptors (Lipinski definition) is 5. The molecule has 174 valence electrons. The molecule has 33 heavy (non-hydrogen) atoms. The zero-order chi connectivity index (χ0) is 22.9. The highest BCUT2D eigenvalue weighted by Gasteiger charge is 2.50. The molecule has 2 aromatic rings. The van der Waals surface area contributed by atoms with Gasteiger partial charge in [-0.15, -0.1) is 0 Å². The molecule has 0 bridgehead atoms. The Labute approximate surface area is 192 Å². The highest BCUT2D eigenvalue weighted by Crippen LogP contribution is 2.48. The van der Waals surface area contributed by atoms with E-state index >= 15 is 0 Å². The molecule has 0 radical (unpaired) electrons. The lowest BCUT2D eigenvalue weighted by molar-refractivity contribution is -0.129. The van der Waals surface area contributed by atoms with Crippen molar-refractivity contribution in [2.75, 3.05) is 20.8 Å². The Morgan fingerprint density at radius 1 is 1.24 bits per heavy atom. The van der Waals surface area contributed by atoms with Gasteiger partial charge >= 0.3 is 6.61 Å². The van der Waals surface area contributed by atoms with E-state index in [9.17, 15) is 13.6 Å². The van der Waals surface area contributed by atoms with Gasteiger partial charge in [0.15, 0.2) is 11.5 Å².